The van der Waals surface area contributed by atoms with Crippen LogP contribution < -0.4 is 11.3 Å². The summed E-state index contributed by atoms with van der Waals surface area (Å²) in [6, 6.07) is 9.01. The van der Waals surface area contributed by atoms with E-state index >= 15 is 0 Å². The summed E-state index contributed by atoms with van der Waals surface area (Å²) in [4.78, 5) is 2.43. The Kier molecular flexibility index (Phi) is 7.81. The first-order valence-corrected chi connectivity index (χ1v) is 7.70. The van der Waals surface area contributed by atoms with E-state index in [0.717, 1.165) is 32.5 Å². The molecule has 0 aliphatic carbocycles. The van der Waals surface area contributed by atoms with Gasteiger partial charge in [-0.2, -0.15) is 0 Å². The quantitative estimate of drug-likeness (QED) is 0.425. The lowest BCUT2D eigenvalue weighted by Gasteiger charge is -2.22. The number of benzene rings is 1. The summed E-state index contributed by atoms with van der Waals surface area (Å²) in [5.74, 6) is 5.65. The Hall–Kier alpha value is -0.170. The molecular weight excluding hydrogens is 337 g/mol. The summed E-state index contributed by atoms with van der Waals surface area (Å²) in [6.07, 6.45) is 2.08. The molecule has 0 saturated heterocycles. The molecule has 18 heavy (non-hydrogen) atoms. The lowest BCUT2D eigenvalue weighted by molar-refractivity contribution is 0.281. The Morgan fingerprint density at radius 1 is 1.22 bits per heavy atom. The lowest BCUT2D eigenvalue weighted by Crippen LogP contribution is -2.39. The smallest absolute Gasteiger partial charge is 0.0263 e. The number of nitrogens with one attached hydrogen (secondary N) is 1. The normalized spacial score (nSPS) is 12.9. The molecule has 1 aromatic rings. The lowest BCUT2D eigenvalue weighted by atomic mass is 10.0. The van der Waals surface area contributed by atoms with Gasteiger partial charge in [0.2, 0.25) is 0 Å². The van der Waals surface area contributed by atoms with Gasteiger partial charge in [0.25, 0.3) is 0 Å². The van der Waals surface area contributed by atoms with E-state index in [0.29, 0.717) is 6.04 Å². The molecule has 102 valence electrons. The van der Waals surface area contributed by atoms with Gasteiger partial charge in [-0.3, -0.25) is 11.3 Å². The molecule has 0 radical (unpaired) electrons. The van der Waals surface area contributed by atoms with Crippen molar-refractivity contribution in [2.24, 2.45) is 5.84 Å². The number of hydrogen-bond acceptors (Lipinski definition) is 3. The van der Waals surface area contributed by atoms with Crippen LogP contribution in [0.15, 0.2) is 24.3 Å². The van der Waals surface area contributed by atoms with Crippen molar-refractivity contribution in [3.8, 4) is 0 Å². The molecule has 0 saturated carbocycles. The molecule has 0 aliphatic heterocycles. The van der Waals surface area contributed by atoms with Gasteiger partial charge in [-0.15, -0.1) is 0 Å². The fourth-order valence-electron chi connectivity index (χ4n) is 2.03. The minimum absolute atomic E-state index is 0.352. The molecule has 3 N–H and O–H groups in total. The standard InChI is InChI=1S/C14H24IN3/c1-3-18(4-2)10-9-14(17-16)11-12-5-7-13(15)8-6-12/h5-8,14,17H,3-4,9-11,16H2,1-2H3. The van der Waals surface area contributed by atoms with E-state index in [1.165, 1.54) is 9.13 Å². The summed E-state index contributed by atoms with van der Waals surface area (Å²) in [7, 11) is 0. The van der Waals surface area contributed by atoms with Crippen LogP contribution in [0.4, 0.5) is 0 Å². The van der Waals surface area contributed by atoms with E-state index in [1.807, 2.05) is 0 Å². The molecule has 0 heterocycles. The van der Waals surface area contributed by atoms with E-state index in [9.17, 15) is 0 Å². The molecule has 0 spiro atoms. The predicted molar refractivity (Wildman–Crippen MR) is 86.4 cm³/mol. The van der Waals surface area contributed by atoms with Crippen LogP contribution in [0.3, 0.4) is 0 Å². The number of nitrogens with two attached hydrogens (primary N) is 1. The third-order valence-electron chi connectivity index (χ3n) is 3.32. The van der Waals surface area contributed by atoms with Crippen molar-refractivity contribution in [3.05, 3.63) is 33.4 Å². The van der Waals surface area contributed by atoms with Crippen LogP contribution in [0.2, 0.25) is 0 Å². The first kappa shape index (κ1) is 15.9. The molecule has 3 nitrogen and oxygen atoms in total. The van der Waals surface area contributed by atoms with Gasteiger partial charge < -0.3 is 4.90 Å². The fourth-order valence-corrected chi connectivity index (χ4v) is 2.39. The van der Waals surface area contributed by atoms with Gasteiger partial charge >= 0.3 is 0 Å². The third kappa shape index (κ3) is 5.65. The average Bonchev–Trinajstić information content (AvgIpc) is 2.40. The monoisotopic (exact) mass is 361 g/mol. The second kappa shape index (κ2) is 8.85. The second-order valence-corrected chi connectivity index (χ2v) is 5.76. The van der Waals surface area contributed by atoms with Gasteiger partial charge in [0.1, 0.15) is 0 Å². The zero-order chi connectivity index (χ0) is 13.4. The largest absolute Gasteiger partial charge is 0.304 e. The van der Waals surface area contributed by atoms with Crippen LogP contribution in [-0.2, 0) is 6.42 Å². The molecule has 1 aromatic carbocycles. The van der Waals surface area contributed by atoms with Gasteiger partial charge in [-0.25, -0.2) is 0 Å². The Morgan fingerprint density at radius 2 is 1.83 bits per heavy atom. The molecule has 0 aromatic heterocycles. The average molecular weight is 361 g/mol. The summed E-state index contributed by atoms with van der Waals surface area (Å²) < 4.78 is 1.27. The van der Waals surface area contributed by atoms with Crippen LogP contribution in [0.1, 0.15) is 25.8 Å². The Morgan fingerprint density at radius 3 is 2.33 bits per heavy atom. The molecule has 0 fully saturated rings. The summed E-state index contributed by atoms with van der Waals surface area (Å²) in [5, 5.41) is 0. The van der Waals surface area contributed by atoms with Gasteiger partial charge in [-0.1, -0.05) is 26.0 Å². The fraction of sp³-hybridized carbons (Fsp3) is 0.571. The SMILES string of the molecule is CCN(CC)CCC(Cc1ccc(I)cc1)NN. The van der Waals surface area contributed by atoms with E-state index < -0.39 is 0 Å². The number of hydrazine groups is 1. The highest BCUT2D eigenvalue weighted by Gasteiger charge is 2.09. The van der Waals surface area contributed by atoms with E-state index in [4.69, 9.17) is 5.84 Å². The molecule has 0 bridgehead atoms. The molecule has 1 unspecified atom stereocenters. The molecule has 4 heteroatoms. The van der Waals surface area contributed by atoms with Gasteiger partial charge in [0.05, 0.1) is 0 Å². The van der Waals surface area contributed by atoms with E-state index in [1.54, 1.807) is 0 Å². The van der Waals surface area contributed by atoms with Gasteiger partial charge in [0, 0.05) is 9.61 Å². The third-order valence-corrected chi connectivity index (χ3v) is 4.04. The van der Waals surface area contributed by atoms with Gasteiger partial charge in [0.15, 0.2) is 0 Å². The predicted octanol–water partition coefficient (Wildman–Crippen LogP) is 2.40. The Bertz CT molecular complexity index is 322. The second-order valence-electron chi connectivity index (χ2n) is 4.51. The van der Waals surface area contributed by atoms with Crippen molar-refractivity contribution in [2.75, 3.05) is 19.6 Å². The Balaban J connectivity index is 2.44. The number of hydrogen-bond donors (Lipinski definition) is 2. The first-order chi connectivity index (χ1) is 8.69. The van der Waals surface area contributed by atoms with Crippen LogP contribution in [0.25, 0.3) is 0 Å². The summed E-state index contributed by atoms with van der Waals surface area (Å²) in [6.45, 7) is 7.72. The van der Waals surface area contributed by atoms with Crippen molar-refractivity contribution in [2.45, 2.75) is 32.7 Å². The zero-order valence-electron chi connectivity index (χ0n) is 11.3. The van der Waals surface area contributed by atoms with Crippen molar-refractivity contribution < 1.29 is 0 Å². The number of rotatable bonds is 8. The van der Waals surface area contributed by atoms with E-state index in [-0.39, 0.29) is 0 Å². The minimum Gasteiger partial charge on any atom is -0.304 e. The molecular formula is C14H24IN3. The molecule has 0 aliphatic rings. The van der Waals surface area contributed by atoms with Crippen molar-refractivity contribution in [3.63, 3.8) is 0 Å². The highest BCUT2D eigenvalue weighted by Crippen LogP contribution is 2.10. The minimum atomic E-state index is 0.352. The maximum atomic E-state index is 5.65. The molecule has 0 amide bonds. The van der Waals surface area contributed by atoms with Crippen LogP contribution >= 0.6 is 22.6 Å². The molecule has 1 atom stereocenters. The maximum absolute atomic E-state index is 5.65. The Labute approximate surface area is 124 Å². The van der Waals surface area contributed by atoms with Crippen LogP contribution in [0, 0.1) is 3.57 Å². The molecule has 1 rings (SSSR count). The van der Waals surface area contributed by atoms with Crippen molar-refractivity contribution >= 4 is 22.6 Å². The first-order valence-electron chi connectivity index (χ1n) is 6.62. The number of nitrogens with zero attached hydrogens (tertiary/aromatic N) is 1. The van der Waals surface area contributed by atoms with Crippen molar-refractivity contribution in [1.29, 1.82) is 0 Å². The van der Waals surface area contributed by atoms with Gasteiger partial charge in [-0.05, 0) is 72.8 Å². The topological polar surface area (TPSA) is 41.3 Å². The summed E-state index contributed by atoms with van der Waals surface area (Å²) in [5.41, 5.74) is 4.29. The zero-order valence-corrected chi connectivity index (χ0v) is 13.5. The highest BCUT2D eigenvalue weighted by atomic mass is 127. The van der Waals surface area contributed by atoms with Crippen LogP contribution in [0.5, 0.6) is 0 Å². The van der Waals surface area contributed by atoms with Crippen molar-refractivity contribution in [1.82, 2.24) is 10.3 Å². The highest BCUT2D eigenvalue weighted by molar-refractivity contribution is 14.1. The number of halogens is 1. The van der Waals surface area contributed by atoms with E-state index in [2.05, 4.69) is 71.0 Å². The summed E-state index contributed by atoms with van der Waals surface area (Å²) >= 11 is 2.33. The maximum Gasteiger partial charge on any atom is 0.0263 e. The van der Waals surface area contributed by atoms with Crippen LogP contribution in [-0.4, -0.2) is 30.6 Å².